The summed E-state index contributed by atoms with van der Waals surface area (Å²) in [6.45, 7) is 2.98. The number of rotatable bonds is 4. The fourth-order valence-electron chi connectivity index (χ4n) is 1.65. The van der Waals surface area contributed by atoms with Crippen molar-refractivity contribution in [3.05, 3.63) is 0 Å². The molecule has 0 aromatic heterocycles. The molecule has 0 radical (unpaired) electrons. The highest BCUT2D eigenvalue weighted by molar-refractivity contribution is 5.82. The van der Waals surface area contributed by atoms with E-state index in [-0.39, 0.29) is 18.0 Å². The molecule has 0 aromatic carbocycles. The summed E-state index contributed by atoms with van der Waals surface area (Å²) < 4.78 is 0. The van der Waals surface area contributed by atoms with Gasteiger partial charge in [-0.2, -0.15) is 0 Å². The number of carbonyl (C=O) groups excluding carboxylic acids is 1. The summed E-state index contributed by atoms with van der Waals surface area (Å²) in [7, 11) is 0. The summed E-state index contributed by atoms with van der Waals surface area (Å²) in [6, 6.07) is 0.136. The fraction of sp³-hybridized carbons (Fsp3) is 0.727. The maximum absolute atomic E-state index is 11.6. The number of terminal acetylenes is 1. The summed E-state index contributed by atoms with van der Waals surface area (Å²) >= 11 is 0. The number of nitrogens with one attached hydrogen (secondary N) is 2. The van der Waals surface area contributed by atoms with Gasteiger partial charge in [0.1, 0.15) is 0 Å². The first-order valence-corrected chi connectivity index (χ1v) is 5.25. The van der Waals surface area contributed by atoms with Gasteiger partial charge in [-0.1, -0.05) is 6.92 Å². The molecule has 1 fully saturated rings. The van der Waals surface area contributed by atoms with Gasteiger partial charge in [-0.05, 0) is 25.8 Å². The molecular weight excluding hydrogens is 176 g/mol. The molecular formula is C11H18N2O. The van der Waals surface area contributed by atoms with Crippen LogP contribution in [0.1, 0.15) is 32.6 Å². The molecule has 3 nitrogen and oxygen atoms in total. The lowest BCUT2D eigenvalue weighted by Crippen LogP contribution is -2.44. The Hall–Kier alpha value is -1.01. The van der Waals surface area contributed by atoms with Crippen LogP contribution in [0, 0.1) is 12.3 Å². The Balaban J connectivity index is 2.34. The molecule has 1 aliphatic rings. The van der Waals surface area contributed by atoms with Crippen molar-refractivity contribution >= 4 is 5.91 Å². The molecule has 1 amide bonds. The van der Waals surface area contributed by atoms with E-state index < -0.39 is 0 Å². The lowest BCUT2D eigenvalue weighted by atomic mass is 10.1. The lowest BCUT2D eigenvalue weighted by molar-refractivity contribution is -0.123. The van der Waals surface area contributed by atoms with Crippen molar-refractivity contribution in [2.24, 2.45) is 0 Å². The normalized spacial score (nSPS) is 22.7. The molecule has 1 rings (SSSR count). The Morgan fingerprint density at radius 2 is 2.57 bits per heavy atom. The predicted octanol–water partition coefficient (Wildman–Crippen LogP) is 0.656. The minimum Gasteiger partial charge on any atom is -0.351 e. The maximum Gasteiger partial charge on any atom is 0.237 e. The van der Waals surface area contributed by atoms with Gasteiger partial charge in [0.05, 0.1) is 6.04 Å². The van der Waals surface area contributed by atoms with Crippen LogP contribution in [0.15, 0.2) is 0 Å². The number of amides is 1. The molecule has 1 unspecified atom stereocenters. The number of carbonyl (C=O) groups is 1. The Morgan fingerprint density at radius 3 is 3.07 bits per heavy atom. The third kappa shape index (κ3) is 3.04. The Morgan fingerprint density at radius 1 is 1.79 bits per heavy atom. The van der Waals surface area contributed by atoms with Gasteiger partial charge in [0.2, 0.25) is 5.91 Å². The molecule has 14 heavy (non-hydrogen) atoms. The van der Waals surface area contributed by atoms with Crippen molar-refractivity contribution in [1.82, 2.24) is 10.6 Å². The highest BCUT2D eigenvalue weighted by atomic mass is 16.2. The third-order valence-electron chi connectivity index (χ3n) is 2.58. The second-order valence-electron chi connectivity index (χ2n) is 3.67. The van der Waals surface area contributed by atoms with Crippen LogP contribution in [0.3, 0.4) is 0 Å². The summed E-state index contributed by atoms with van der Waals surface area (Å²) in [6.07, 6.45) is 8.76. The smallest absolute Gasteiger partial charge is 0.237 e. The second kappa shape index (κ2) is 5.66. The van der Waals surface area contributed by atoms with Crippen LogP contribution in [-0.2, 0) is 4.79 Å². The largest absolute Gasteiger partial charge is 0.351 e. The maximum atomic E-state index is 11.6. The van der Waals surface area contributed by atoms with Gasteiger partial charge < -0.3 is 10.6 Å². The Bertz CT molecular complexity index is 226. The predicted molar refractivity (Wildman–Crippen MR) is 56.7 cm³/mol. The van der Waals surface area contributed by atoms with E-state index in [0.29, 0.717) is 6.42 Å². The van der Waals surface area contributed by atoms with Crippen LogP contribution in [0.25, 0.3) is 0 Å². The first kappa shape index (κ1) is 11.1. The lowest BCUT2D eigenvalue weighted by Gasteiger charge is -2.17. The number of hydrogen-bond donors (Lipinski definition) is 2. The quantitative estimate of drug-likeness (QED) is 0.645. The van der Waals surface area contributed by atoms with E-state index >= 15 is 0 Å². The first-order chi connectivity index (χ1) is 6.77. The molecule has 0 bridgehead atoms. The van der Waals surface area contributed by atoms with Gasteiger partial charge in [-0.25, -0.2) is 0 Å². The van der Waals surface area contributed by atoms with E-state index in [1.54, 1.807) is 0 Å². The second-order valence-corrected chi connectivity index (χ2v) is 3.67. The third-order valence-corrected chi connectivity index (χ3v) is 2.58. The van der Waals surface area contributed by atoms with Crippen LogP contribution < -0.4 is 10.6 Å². The van der Waals surface area contributed by atoms with Gasteiger partial charge in [0, 0.05) is 12.5 Å². The van der Waals surface area contributed by atoms with Crippen molar-refractivity contribution in [2.75, 3.05) is 6.54 Å². The van der Waals surface area contributed by atoms with E-state index in [9.17, 15) is 4.79 Å². The zero-order chi connectivity index (χ0) is 10.4. The van der Waals surface area contributed by atoms with Gasteiger partial charge >= 0.3 is 0 Å². The van der Waals surface area contributed by atoms with E-state index in [1.807, 2.05) is 6.92 Å². The zero-order valence-electron chi connectivity index (χ0n) is 8.68. The SMILES string of the molecule is C#CCC(CC)NC(=O)[C@@H]1CCCN1. The molecule has 0 aromatic rings. The highest BCUT2D eigenvalue weighted by Gasteiger charge is 2.23. The minimum absolute atomic E-state index is 0.00169. The van der Waals surface area contributed by atoms with Crippen LogP contribution >= 0.6 is 0 Å². The molecule has 0 saturated carbocycles. The molecule has 1 heterocycles. The summed E-state index contributed by atoms with van der Waals surface area (Å²) in [5.74, 6) is 2.68. The van der Waals surface area contributed by atoms with Crippen molar-refractivity contribution in [3.63, 3.8) is 0 Å². The van der Waals surface area contributed by atoms with Crippen molar-refractivity contribution < 1.29 is 4.79 Å². The molecule has 0 aliphatic carbocycles. The van der Waals surface area contributed by atoms with Gasteiger partial charge in [-0.3, -0.25) is 4.79 Å². The molecule has 2 atom stereocenters. The average molecular weight is 194 g/mol. The Labute approximate surface area is 85.6 Å². The first-order valence-electron chi connectivity index (χ1n) is 5.25. The van der Waals surface area contributed by atoms with Gasteiger partial charge in [0.15, 0.2) is 0 Å². The van der Waals surface area contributed by atoms with Crippen LogP contribution in [0.4, 0.5) is 0 Å². The Kier molecular flexibility index (Phi) is 4.48. The van der Waals surface area contributed by atoms with Gasteiger partial charge in [-0.15, -0.1) is 12.3 Å². The fourth-order valence-corrected chi connectivity index (χ4v) is 1.65. The highest BCUT2D eigenvalue weighted by Crippen LogP contribution is 2.06. The van der Waals surface area contributed by atoms with E-state index in [1.165, 1.54) is 0 Å². The van der Waals surface area contributed by atoms with Crippen molar-refractivity contribution in [3.8, 4) is 12.3 Å². The average Bonchev–Trinajstić information content (AvgIpc) is 2.69. The molecule has 0 spiro atoms. The molecule has 3 heteroatoms. The zero-order valence-corrected chi connectivity index (χ0v) is 8.68. The summed E-state index contributed by atoms with van der Waals surface area (Å²) in [5.41, 5.74) is 0. The van der Waals surface area contributed by atoms with Crippen LogP contribution in [-0.4, -0.2) is 24.5 Å². The molecule has 1 aliphatic heterocycles. The molecule has 2 N–H and O–H groups in total. The van der Waals surface area contributed by atoms with E-state index in [0.717, 1.165) is 25.8 Å². The topological polar surface area (TPSA) is 41.1 Å². The summed E-state index contributed by atoms with van der Waals surface area (Å²) in [4.78, 5) is 11.6. The minimum atomic E-state index is 0.00169. The standard InChI is InChI=1S/C11H18N2O/c1-3-6-9(4-2)13-11(14)10-7-5-8-12-10/h1,9-10,12H,4-8H2,2H3,(H,13,14)/t9?,10-/m0/s1. The van der Waals surface area contributed by atoms with E-state index in [4.69, 9.17) is 6.42 Å². The summed E-state index contributed by atoms with van der Waals surface area (Å²) in [5, 5.41) is 6.13. The molecule has 78 valence electrons. The molecule has 1 saturated heterocycles. The number of hydrogen-bond acceptors (Lipinski definition) is 2. The van der Waals surface area contributed by atoms with Crippen LogP contribution in [0.2, 0.25) is 0 Å². The van der Waals surface area contributed by atoms with Crippen molar-refractivity contribution in [2.45, 2.75) is 44.7 Å². The monoisotopic (exact) mass is 194 g/mol. The van der Waals surface area contributed by atoms with E-state index in [2.05, 4.69) is 16.6 Å². The van der Waals surface area contributed by atoms with Crippen LogP contribution in [0.5, 0.6) is 0 Å². The van der Waals surface area contributed by atoms with Crippen molar-refractivity contribution in [1.29, 1.82) is 0 Å². The van der Waals surface area contributed by atoms with Gasteiger partial charge in [0.25, 0.3) is 0 Å².